The van der Waals surface area contributed by atoms with Crippen LogP contribution in [0.5, 0.6) is 0 Å². The van der Waals surface area contributed by atoms with Crippen molar-refractivity contribution in [2.75, 3.05) is 11.4 Å². The Bertz CT molecular complexity index is 1270. The summed E-state index contributed by atoms with van der Waals surface area (Å²) in [4.78, 5) is 20.2. The Morgan fingerprint density at radius 2 is 2.09 bits per heavy atom. The van der Waals surface area contributed by atoms with Gasteiger partial charge in [0.15, 0.2) is 5.82 Å². The minimum Gasteiger partial charge on any atom is -0.354 e. The largest absolute Gasteiger partial charge is 0.354 e. The molecule has 4 rings (SSSR count). The zero-order valence-corrected chi connectivity index (χ0v) is 19.3. The van der Waals surface area contributed by atoms with Crippen molar-refractivity contribution < 1.29 is 22.3 Å². The molecule has 3 aromatic rings. The Kier molecular flexibility index (Phi) is 6.46. The average Bonchev–Trinajstić information content (AvgIpc) is 3.20. The number of benzene rings is 1. The topological polar surface area (TPSA) is 100 Å². The lowest BCUT2D eigenvalue weighted by Crippen LogP contribution is -2.26. The van der Waals surface area contributed by atoms with Crippen LogP contribution in [0.2, 0.25) is 5.02 Å². The highest BCUT2D eigenvalue weighted by atomic mass is 35.5. The third-order valence-corrected chi connectivity index (χ3v) is 6.58. The molecule has 1 amide bonds. The zero-order chi connectivity index (χ0) is 23.9. The van der Waals surface area contributed by atoms with Gasteiger partial charge in [-0.3, -0.25) is 14.3 Å². The first-order valence-corrected chi connectivity index (χ1v) is 11.4. The third kappa shape index (κ3) is 4.23. The Balaban J connectivity index is 1.76. The molecule has 2 atom stereocenters. The van der Waals surface area contributed by atoms with Crippen molar-refractivity contribution in [3.63, 3.8) is 0 Å². The summed E-state index contributed by atoms with van der Waals surface area (Å²) in [5, 5.41) is 2.72. The van der Waals surface area contributed by atoms with Crippen molar-refractivity contribution in [2.24, 2.45) is 0 Å². The number of nitrogens with one attached hydrogen (secondary N) is 1. The van der Waals surface area contributed by atoms with E-state index in [9.17, 15) is 17.9 Å². The number of nitrogens with zero attached hydrogens (tertiary/aromatic N) is 4. The number of halogens is 3. The molecule has 0 aliphatic carbocycles. The lowest BCUT2D eigenvalue weighted by atomic mass is 9.89. The van der Waals surface area contributed by atoms with Crippen LogP contribution in [0.25, 0.3) is 0 Å². The van der Waals surface area contributed by atoms with E-state index in [1.807, 2.05) is 0 Å². The summed E-state index contributed by atoms with van der Waals surface area (Å²) in [5.74, 6) is -2.61. The van der Waals surface area contributed by atoms with Gasteiger partial charge in [-0.05, 0) is 38.0 Å². The summed E-state index contributed by atoms with van der Waals surface area (Å²) in [6.07, 6.45) is 3.60. The van der Waals surface area contributed by atoms with Crippen LogP contribution in [-0.2, 0) is 24.2 Å². The van der Waals surface area contributed by atoms with Gasteiger partial charge in [0.1, 0.15) is 11.5 Å². The van der Waals surface area contributed by atoms with Crippen LogP contribution in [0.4, 0.5) is 20.2 Å². The maximum Gasteiger partial charge on any atom is 0.271 e. The maximum absolute atomic E-state index is 15.7. The molecule has 0 saturated heterocycles. The van der Waals surface area contributed by atoms with Crippen molar-refractivity contribution in [2.45, 2.75) is 32.2 Å². The van der Waals surface area contributed by atoms with Gasteiger partial charge in [0.05, 0.1) is 34.1 Å². The fraction of sp³-hybridized carbons (Fsp3) is 0.286. The van der Waals surface area contributed by atoms with Gasteiger partial charge >= 0.3 is 0 Å². The van der Waals surface area contributed by atoms with Crippen molar-refractivity contribution in [3.8, 4) is 0 Å². The zero-order valence-electron chi connectivity index (χ0n) is 17.7. The second-order valence-electron chi connectivity index (χ2n) is 7.58. The highest BCUT2D eigenvalue weighted by Crippen LogP contribution is 2.39. The van der Waals surface area contributed by atoms with Crippen LogP contribution in [0.15, 0.2) is 30.7 Å². The fourth-order valence-corrected chi connectivity index (χ4v) is 4.91. The average molecular weight is 496 g/mol. The molecule has 33 heavy (non-hydrogen) atoms. The number of aromatic nitrogens is 3. The number of pyridine rings is 1. The molecular formula is C21H20ClF2N5O3S. The summed E-state index contributed by atoms with van der Waals surface area (Å²) < 4.78 is 55.3. The Morgan fingerprint density at radius 3 is 2.79 bits per heavy atom. The summed E-state index contributed by atoms with van der Waals surface area (Å²) in [7, 11) is 1.50. The van der Waals surface area contributed by atoms with Crippen molar-refractivity contribution in [1.82, 2.24) is 19.9 Å². The van der Waals surface area contributed by atoms with Gasteiger partial charge in [-0.25, -0.2) is 22.3 Å². The lowest BCUT2D eigenvalue weighted by molar-refractivity contribution is 0.0957. The number of aryl methyl sites for hydroxylation is 1. The fourth-order valence-electron chi connectivity index (χ4n) is 4.10. The molecule has 0 spiro atoms. The predicted molar refractivity (Wildman–Crippen MR) is 120 cm³/mol. The number of carbonyl (C=O) groups excluding carboxylic acids is 1. The van der Waals surface area contributed by atoms with Gasteiger partial charge in [0.2, 0.25) is 0 Å². The first kappa shape index (κ1) is 23.3. The highest BCUT2D eigenvalue weighted by Gasteiger charge is 2.32. The molecule has 8 nitrogen and oxygen atoms in total. The number of imidazole rings is 1. The van der Waals surface area contributed by atoms with Gasteiger partial charge < -0.3 is 9.88 Å². The maximum atomic E-state index is 15.7. The number of amides is 1. The lowest BCUT2D eigenvalue weighted by Gasteiger charge is -2.28. The Morgan fingerprint density at radius 1 is 1.33 bits per heavy atom. The van der Waals surface area contributed by atoms with Gasteiger partial charge in [0, 0.05) is 31.3 Å². The van der Waals surface area contributed by atoms with E-state index >= 15 is 4.39 Å². The van der Waals surface area contributed by atoms with Crippen molar-refractivity contribution >= 4 is 40.1 Å². The molecule has 3 heterocycles. The molecule has 174 valence electrons. The number of fused-ring (bicyclic) bond motifs is 1. The van der Waals surface area contributed by atoms with E-state index in [1.54, 1.807) is 11.5 Å². The molecule has 0 fully saturated rings. The molecule has 0 saturated carbocycles. The van der Waals surface area contributed by atoms with E-state index in [0.29, 0.717) is 24.2 Å². The number of anilines is 2. The Hall–Kier alpha value is -2.89. The summed E-state index contributed by atoms with van der Waals surface area (Å²) in [6, 6.07) is 3.57. The van der Waals surface area contributed by atoms with E-state index in [2.05, 4.69) is 15.3 Å². The van der Waals surface area contributed by atoms with Crippen LogP contribution in [-0.4, -0.2) is 36.3 Å². The van der Waals surface area contributed by atoms with Gasteiger partial charge in [-0.15, -0.1) is 0 Å². The summed E-state index contributed by atoms with van der Waals surface area (Å²) in [5.41, 5.74) is 0.973. The SMILES string of the molecule is CNC(=O)c1ncn2c1CC[C@H](c1c(F)ccc(N(c3cc(Cl)cnc3C)S(=O)O)c1F)C2. The molecule has 0 bridgehead atoms. The number of carbonyl (C=O) groups is 1. The minimum atomic E-state index is -2.68. The van der Waals surface area contributed by atoms with Crippen molar-refractivity contribution in [3.05, 3.63) is 70.0 Å². The van der Waals surface area contributed by atoms with E-state index in [-0.39, 0.29) is 40.1 Å². The van der Waals surface area contributed by atoms with E-state index in [4.69, 9.17) is 11.6 Å². The first-order chi connectivity index (χ1) is 15.7. The molecule has 1 unspecified atom stereocenters. The quantitative estimate of drug-likeness (QED) is 0.523. The first-order valence-electron chi connectivity index (χ1n) is 10.00. The molecule has 0 radical (unpaired) electrons. The minimum absolute atomic E-state index is 0.121. The highest BCUT2D eigenvalue weighted by molar-refractivity contribution is 7.81. The van der Waals surface area contributed by atoms with Crippen LogP contribution < -0.4 is 9.62 Å². The molecule has 1 aliphatic heterocycles. The van der Waals surface area contributed by atoms with Crippen LogP contribution >= 0.6 is 11.6 Å². The Labute approximate surface area is 196 Å². The van der Waals surface area contributed by atoms with E-state index in [1.165, 1.54) is 25.6 Å². The molecule has 1 aliphatic rings. The van der Waals surface area contributed by atoms with E-state index in [0.717, 1.165) is 16.4 Å². The summed E-state index contributed by atoms with van der Waals surface area (Å²) in [6.45, 7) is 1.79. The van der Waals surface area contributed by atoms with Gasteiger partial charge in [-0.2, -0.15) is 0 Å². The normalized spacial score (nSPS) is 16.2. The number of hydrogen-bond donors (Lipinski definition) is 2. The number of hydrogen-bond acceptors (Lipinski definition) is 4. The molecule has 2 aromatic heterocycles. The predicted octanol–water partition coefficient (Wildman–Crippen LogP) is 3.88. The van der Waals surface area contributed by atoms with Crippen LogP contribution in [0.3, 0.4) is 0 Å². The standard InChI is InChI=1S/C21H20ClF2N5O3S/c1-11-17(7-13(22)8-26-11)29(33(31)32)15-6-4-14(23)18(19(15)24)12-3-5-16-20(21(30)25-2)27-10-28(16)9-12/h4,6-8,10,12H,3,5,9H2,1-2H3,(H,25,30)(H,31,32)/t12-/m0/s1. The second kappa shape index (κ2) is 9.16. The van der Waals surface area contributed by atoms with Gasteiger partial charge in [0.25, 0.3) is 17.2 Å². The van der Waals surface area contributed by atoms with E-state index < -0.39 is 28.8 Å². The van der Waals surface area contributed by atoms with Crippen LogP contribution in [0, 0.1) is 18.6 Å². The molecular weight excluding hydrogens is 476 g/mol. The molecule has 1 aromatic carbocycles. The summed E-state index contributed by atoms with van der Waals surface area (Å²) >= 11 is 3.31. The molecule has 12 heteroatoms. The molecule has 2 N–H and O–H groups in total. The third-order valence-electron chi connectivity index (χ3n) is 5.67. The monoisotopic (exact) mass is 495 g/mol. The number of rotatable bonds is 5. The second-order valence-corrected chi connectivity index (χ2v) is 8.85. The van der Waals surface area contributed by atoms with Crippen LogP contribution in [0.1, 0.15) is 39.8 Å². The smallest absolute Gasteiger partial charge is 0.271 e. The van der Waals surface area contributed by atoms with Crippen molar-refractivity contribution in [1.29, 1.82) is 0 Å². The van der Waals surface area contributed by atoms with Gasteiger partial charge in [-0.1, -0.05) is 11.6 Å².